The molecule has 9 heteroatoms. The first-order valence-electron chi connectivity index (χ1n) is 13.5. The van der Waals surface area contributed by atoms with Gasteiger partial charge >= 0.3 is 6.09 Å². The molecule has 2 aromatic rings. The van der Waals surface area contributed by atoms with E-state index in [9.17, 15) is 9.59 Å². The highest BCUT2D eigenvalue weighted by molar-refractivity contribution is 5.85. The van der Waals surface area contributed by atoms with Crippen LogP contribution < -0.4 is 0 Å². The summed E-state index contributed by atoms with van der Waals surface area (Å²) in [6.07, 6.45) is 3.86. The number of likely N-dealkylation sites (tertiary alicyclic amines) is 1. The normalized spacial score (nSPS) is 23.6. The highest BCUT2D eigenvalue weighted by Gasteiger charge is 2.49. The summed E-state index contributed by atoms with van der Waals surface area (Å²) >= 11 is 0. The number of carboxylic acid groups (broad SMARTS) is 1. The average molecular weight is 510 g/mol. The molecule has 1 spiro atoms. The van der Waals surface area contributed by atoms with Crippen LogP contribution >= 0.6 is 0 Å². The van der Waals surface area contributed by atoms with Crippen molar-refractivity contribution in [3.63, 3.8) is 0 Å². The molecule has 3 aliphatic rings. The van der Waals surface area contributed by atoms with Crippen LogP contribution in [-0.2, 0) is 35.8 Å². The molecule has 9 nitrogen and oxygen atoms in total. The quantitative estimate of drug-likeness (QED) is 0.586. The van der Waals surface area contributed by atoms with E-state index in [1.54, 1.807) is 7.05 Å². The van der Waals surface area contributed by atoms with Crippen molar-refractivity contribution in [1.82, 2.24) is 24.5 Å². The lowest BCUT2D eigenvalue weighted by atomic mass is 9.67. The lowest BCUT2D eigenvalue weighted by molar-refractivity contribution is -0.138. The third-order valence-electron chi connectivity index (χ3n) is 8.59. The molecule has 1 aliphatic carbocycles. The monoisotopic (exact) mass is 509 g/mol. The smallest absolute Gasteiger partial charge is 0.407 e. The third-order valence-corrected chi connectivity index (χ3v) is 8.59. The predicted octanol–water partition coefficient (Wildman–Crippen LogP) is 3.53. The summed E-state index contributed by atoms with van der Waals surface area (Å²) in [5.74, 6) is 0.704. The van der Waals surface area contributed by atoms with Gasteiger partial charge in [0.1, 0.15) is 0 Å². The lowest BCUT2D eigenvalue weighted by Crippen LogP contribution is -2.37. The molecule has 1 saturated carbocycles. The SMILES string of the molecule is CN(CCN(C)C(=O)O)Cc1nn2c(c1C1CCC3(CC1)CCN(Cc1ccccc1)C3=O)COCC2. The van der Waals surface area contributed by atoms with Crippen LogP contribution in [0.15, 0.2) is 30.3 Å². The number of hydrogen-bond donors (Lipinski definition) is 1. The first kappa shape index (κ1) is 25.7. The predicted molar refractivity (Wildman–Crippen MR) is 139 cm³/mol. The molecule has 1 saturated heterocycles. The van der Waals surface area contributed by atoms with E-state index < -0.39 is 6.09 Å². The first-order chi connectivity index (χ1) is 17.9. The Morgan fingerprint density at radius 1 is 1.14 bits per heavy atom. The molecular weight excluding hydrogens is 470 g/mol. The Hall–Kier alpha value is -2.91. The molecule has 2 fully saturated rings. The zero-order valence-corrected chi connectivity index (χ0v) is 22.1. The van der Waals surface area contributed by atoms with Crippen LogP contribution in [0.3, 0.4) is 0 Å². The Labute approximate surface area is 219 Å². The number of hydrogen-bond acceptors (Lipinski definition) is 5. The van der Waals surface area contributed by atoms with Gasteiger partial charge < -0.3 is 19.6 Å². The van der Waals surface area contributed by atoms with Crippen molar-refractivity contribution in [2.24, 2.45) is 5.41 Å². The Morgan fingerprint density at radius 2 is 1.89 bits per heavy atom. The number of nitrogens with zero attached hydrogens (tertiary/aromatic N) is 5. The molecule has 0 atom stereocenters. The second kappa shape index (κ2) is 10.8. The molecule has 3 heterocycles. The summed E-state index contributed by atoms with van der Waals surface area (Å²) in [7, 11) is 3.61. The average Bonchev–Trinajstić information content (AvgIpc) is 3.41. The molecule has 2 amide bonds. The van der Waals surface area contributed by atoms with Gasteiger partial charge in [0, 0.05) is 45.3 Å². The fourth-order valence-corrected chi connectivity index (χ4v) is 6.33. The van der Waals surface area contributed by atoms with E-state index in [1.807, 2.05) is 25.2 Å². The van der Waals surface area contributed by atoms with Crippen LogP contribution in [0.4, 0.5) is 4.79 Å². The van der Waals surface area contributed by atoms with Gasteiger partial charge in [-0.1, -0.05) is 30.3 Å². The second-order valence-corrected chi connectivity index (χ2v) is 11.0. The van der Waals surface area contributed by atoms with Gasteiger partial charge in [-0.05, 0) is 50.6 Å². The Kier molecular flexibility index (Phi) is 7.53. The van der Waals surface area contributed by atoms with Gasteiger partial charge in [0.2, 0.25) is 5.91 Å². The maximum atomic E-state index is 13.5. The second-order valence-electron chi connectivity index (χ2n) is 11.0. The standard InChI is InChI=1S/C28H39N5O4/c1-30(14-15-31(2)27(35)36)19-23-25(24-20-37-17-16-33(24)29-23)22-8-10-28(11-9-22)12-13-32(26(28)34)18-21-6-4-3-5-7-21/h3-7,22H,8-20H2,1-2H3,(H,35,36). The number of carbonyl (C=O) groups excluding carboxylic acids is 1. The van der Waals surface area contributed by atoms with Crippen LogP contribution in [0.5, 0.6) is 0 Å². The Balaban J connectivity index is 1.27. The van der Waals surface area contributed by atoms with Gasteiger partial charge in [-0.2, -0.15) is 5.10 Å². The summed E-state index contributed by atoms with van der Waals surface area (Å²) in [4.78, 5) is 30.2. The van der Waals surface area contributed by atoms with Crippen molar-refractivity contribution < 1.29 is 19.4 Å². The van der Waals surface area contributed by atoms with E-state index in [0.29, 0.717) is 51.2 Å². The summed E-state index contributed by atoms with van der Waals surface area (Å²) in [6, 6.07) is 10.3. The Morgan fingerprint density at radius 3 is 2.62 bits per heavy atom. The van der Waals surface area contributed by atoms with Gasteiger partial charge in [0.05, 0.1) is 36.6 Å². The number of ether oxygens (including phenoxy) is 1. The van der Waals surface area contributed by atoms with E-state index in [-0.39, 0.29) is 5.41 Å². The van der Waals surface area contributed by atoms with Crippen molar-refractivity contribution in [2.75, 3.05) is 40.3 Å². The summed E-state index contributed by atoms with van der Waals surface area (Å²) in [5, 5.41) is 14.1. The van der Waals surface area contributed by atoms with Crippen LogP contribution in [0.2, 0.25) is 0 Å². The van der Waals surface area contributed by atoms with Crippen molar-refractivity contribution in [3.8, 4) is 0 Å². The maximum Gasteiger partial charge on any atom is 0.407 e. The van der Waals surface area contributed by atoms with Crippen LogP contribution in [0, 0.1) is 5.41 Å². The van der Waals surface area contributed by atoms with Gasteiger partial charge in [-0.25, -0.2) is 4.79 Å². The molecule has 0 unspecified atom stereocenters. The van der Waals surface area contributed by atoms with Crippen molar-refractivity contribution in [2.45, 2.75) is 64.3 Å². The maximum absolute atomic E-state index is 13.5. The van der Waals surface area contributed by atoms with Gasteiger partial charge in [-0.15, -0.1) is 0 Å². The van der Waals surface area contributed by atoms with Gasteiger partial charge in [0.25, 0.3) is 0 Å². The number of amides is 2. The molecule has 2 aliphatic heterocycles. The fraction of sp³-hybridized carbons (Fsp3) is 0.607. The van der Waals surface area contributed by atoms with E-state index in [2.05, 4.69) is 26.6 Å². The summed E-state index contributed by atoms with van der Waals surface area (Å²) in [5.41, 5.74) is 4.54. The summed E-state index contributed by atoms with van der Waals surface area (Å²) in [6.45, 7) is 5.33. The van der Waals surface area contributed by atoms with Crippen LogP contribution in [-0.4, -0.2) is 81.9 Å². The number of likely N-dealkylation sites (N-methyl/N-ethyl adjacent to an activating group) is 2. The van der Waals surface area contributed by atoms with E-state index in [1.165, 1.54) is 21.7 Å². The fourth-order valence-electron chi connectivity index (χ4n) is 6.33. The van der Waals surface area contributed by atoms with Crippen LogP contribution in [0.25, 0.3) is 0 Å². The minimum Gasteiger partial charge on any atom is -0.465 e. The minimum atomic E-state index is -0.913. The topological polar surface area (TPSA) is 91.1 Å². The molecular formula is C28H39N5O4. The molecule has 5 rings (SSSR count). The van der Waals surface area contributed by atoms with Crippen LogP contribution in [0.1, 0.15) is 60.5 Å². The van der Waals surface area contributed by atoms with Gasteiger partial charge in [0.15, 0.2) is 0 Å². The number of rotatable bonds is 8. The van der Waals surface area contributed by atoms with Gasteiger partial charge in [-0.3, -0.25) is 14.4 Å². The Bertz CT molecular complexity index is 1110. The molecule has 1 aromatic carbocycles. The molecule has 0 bridgehead atoms. The van der Waals surface area contributed by atoms with Crippen molar-refractivity contribution >= 4 is 12.0 Å². The lowest BCUT2D eigenvalue weighted by Gasteiger charge is -2.36. The third kappa shape index (κ3) is 5.38. The molecule has 1 N–H and O–H groups in total. The zero-order valence-electron chi connectivity index (χ0n) is 22.1. The van der Waals surface area contributed by atoms with Crippen molar-refractivity contribution in [3.05, 3.63) is 52.8 Å². The summed E-state index contributed by atoms with van der Waals surface area (Å²) < 4.78 is 7.93. The largest absolute Gasteiger partial charge is 0.465 e. The van der Waals surface area contributed by atoms with E-state index >= 15 is 0 Å². The first-order valence-corrected chi connectivity index (χ1v) is 13.5. The molecule has 0 radical (unpaired) electrons. The molecule has 200 valence electrons. The highest BCUT2D eigenvalue weighted by Crippen LogP contribution is 2.50. The number of carbonyl (C=O) groups is 2. The van der Waals surface area contributed by atoms with Crippen molar-refractivity contribution in [1.29, 1.82) is 0 Å². The number of benzene rings is 1. The zero-order chi connectivity index (χ0) is 26.0. The van der Waals surface area contributed by atoms with E-state index in [4.69, 9.17) is 14.9 Å². The minimum absolute atomic E-state index is 0.215. The highest BCUT2D eigenvalue weighted by atomic mass is 16.5. The molecule has 1 aromatic heterocycles. The number of fused-ring (bicyclic) bond motifs is 1. The number of aromatic nitrogens is 2. The molecule has 37 heavy (non-hydrogen) atoms. The van der Waals surface area contributed by atoms with E-state index in [0.717, 1.165) is 50.9 Å².